The van der Waals surface area contributed by atoms with Crippen LogP contribution in [0.4, 0.5) is 5.69 Å². The number of hydrogen-bond acceptors (Lipinski definition) is 5. The third kappa shape index (κ3) is 2.56. The third-order valence-corrected chi connectivity index (χ3v) is 2.99. The minimum Gasteiger partial charge on any atom is -0.399 e. The molecule has 0 fully saturated rings. The van der Waals surface area contributed by atoms with Gasteiger partial charge in [0.1, 0.15) is 5.82 Å². The Kier molecular flexibility index (Phi) is 3.01. The van der Waals surface area contributed by atoms with E-state index in [1.165, 1.54) is 11.8 Å². The Hall–Kier alpha value is -2.02. The van der Waals surface area contributed by atoms with E-state index >= 15 is 0 Å². The molecule has 0 spiro atoms. The number of aromatic amines is 1. The Bertz CT molecular complexity index is 566. The van der Waals surface area contributed by atoms with Crippen LogP contribution in [0.25, 0.3) is 0 Å². The molecule has 0 aliphatic carbocycles. The highest BCUT2D eigenvalue weighted by Crippen LogP contribution is 2.29. The monoisotopic (exact) mass is 249 g/mol. The zero-order valence-corrected chi connectivity index (χ0v) is 9.91. The first kappa shape index (κ1) is 11.5. The minimum absolute atomic E-state index is 0.373. The SMILES string of the molecule is Cc1nc(Sc2ccc(N)cc2C(N)=O)n[nH]1. The highest BCUT2D eigenvalue weighted by atomic mass is 32.2. The van der Waals surface area contributed by atoms with E-state index in [1.807, 2.05) is 0 Å². The number of H-pyrrole nitrogens is 1. The van der Waals surface area contributed by atoms with Crippen molar-refractivity contribution < 1.29 is 4.79 Å². The number of amides is 1. The van der Waals surface area contributed by atoms with Crippen LogP contribution in [0.3, 0.4) is 0 Å². The van der Waals surface area contributed by atoms with Crippen molar-refractivity contribution in [3.05, 3.63) is 29.6 Å². The first-order valence-electron chi connectivity index (χ1n) is 4.82. The maximum atomic E-state index is 11.3. The van der Waals surface area contributed by atoms with E-state index in [0.717, 1.165) is 0 Å². The van der Waals surface area contributed by atoms with Gasteiger partial charge in [0.2, 0.25) is 11.1 Å². The molecule has 17 heavy (non-hydrogen) atoms. The van der Waals surface area contributed by atoms with Crippen molar-refractivity contribution in [3.8, 4) is 0 Å². The van der Waals surface area contributed by atoms with E-state index in [2.05, 4.69) is 15.2 Å². The van der Waals surface area contributed by atoms with Crippen molar-refractivity contribution in [3.63, 3.8) is 0 Å². The van der Waals surface area contributed by atoms with E-state index in [1.54, 1.807) is 25.1 Å². The number of nitrogens with two attached hydrogens (primary N) is 2. The molecule has 0 unspecified atom stereocenters. The number of nitrogens with zero attached hydrogens (tertiary/aromatic N) is 2. The number of carbonyl (C=O) groups excluding carboxylic acids is 1. The standard InChI is InChI=1S/C10H11N5OS/c1-5-13-10(15-14-5)17-8-3-2-6(11)4-7(8)9(12)16/h2-4H,11H2,1H3,(H2,12,16)(H,13,14,15). The Morgan fingerprint density at radius 3 is 2.82 bits per heavy atom. The largest absolute Gasteiger partial charge is 0.399 e. The zero-order valence-electron chi connectivity index (χ0n) is 9.10. The summed E-state index contributed by atoms with van der Waals surface area (Å²) in [6, 6.07) is 4.98. The first-order chi connectivity index (χ1) is 8.06. The summed E-state index contributed by atoms with van der Waals surface area (Å²) in [5.74, 6) is 0.190. The Morgan fingerprint density at radius 1 is 1.47 bits per heavy atom. The van der Waals surface area contributed by atoms with Gasteiger partial charge in [-0.05, 0) is 36.9 Å². The molecule has 2 aromatic rings. The maximum Gasteiger partial charge on any atom is 0.249 e. The molecule has 1 amide bonds. The van der Waals surface area contributed by atoms with Crippen molar-refractivity contribution in [2.45, 2.75) is 17.0 Å². The summed E-state index contributed by atoms with van der Waals surface area (Å²) in [7, 11) is 0. The van der Waals surface area contributed by atoms with Crippen molar-refractivity contribution in [2.24, 2.45) is 5.73 Å². The van der Waals surface area contributed by atoms with Gasteiger partial charge in [-0.25, -0.2) is 4.98 Å². The number of anilines is 1. The van der Waals surface area contributed by atoms with Gasteiger partial charge in [-0.2, -0.15) is 0 Å². The van der Waals surface area contributed by atoms with Crippen LogP contribution >= 0.6 is 11.8 Å². The van der Waals surface area contributed by atoms with Crippen molar-refractivity contribution in [1.29, 1.82) is 0 Å². The average Bonchev–Trinajstić information content (AvgIpc) is 2.66. The number of carbonyl (C=O) groups is 1. The number of nitrogens with one attached hydrogen (secondary N) is 1. The summed E-state index contributed by atoms with van der Waals surface area (Å²) in [5.41, 5.74) is 11.8. The lowest BCUT2D eigenvalue weighted by molar-refractivity contribution is 0.0997. The summed E-state index contributed by atoms with van der Waals surface area (Å²) in [6.45, 7) is 1.80. The molecule has 0 aliphatic heterocycles. The summed E-state index contributed by atoms with van der Waals surface area (Å²) in [4.78, 5) is 16.1. The molecule has 7 heteroatoms. The molecule has 0 saturated heterocycles. The molecule has 88 valence electrons. The number of nitrogen functional groups attached to an aromatic ring is 1. The van der Waals surface area contributed by atoms with Gasteiger partial charge in [0.25, 0.3) is 0 Å². The van der Waals surface area contributed by atoms with Crippen molar-refractivity contribution in [1.82, 2.24) is 15.2 Å². The molecule has 2 rings (SSSR count). The maximum absolute atomic E-state index is 11.3. The first-order valence-corrected chi connectivity index (χ1v) is 5.64. The Morgan fingerprint density at radius 2 is 2.24 bits per heavy atom. The second-order valence-electron chi connectivity index (χ2n) is 3.43. The number of rotatable bonds is 3. The van der Waals surface area contributed by atoms with Crippen molar-refractivity contribution >= 4 is 23.4 Å². The molecule has 0 atom stereocenters. The number of benzene rings is 1. The fraction of sp³-hybridized carbons (Fsp3) is 0.100. The van der Waals surface area contributed by atoms with Gasteiger partial charge in [0.15, 0.2) is 0 Å². The molecule has 0 bridgehead atoms. The predicted molar refractivity (Wildman–Crippen MR) is 64.6 cm³/mol. The van der Waals surface area contributed by atoms with E-state index in [9.17, 15) is 4.79 Å². The van der Waals surface area contributed by atoms with Crippen LogP contribution in [0.1, 0.15) is 16.2 Å². The van der Waals surface area contributed by atoms with Gasteiger partial charge < -0.3 is 11.5 Å². The number of aromatic nitrogens is 3. The molecule has 1 aromatic carbocycles. The van der Waals surface area contributed by atoms with Crippen LogP contribution in [0.15, 0.2) is 28.3 Å². The summed E-state index contributed by atoms with van der Waals surface area (Å²) in [5, 5.41) is 7.24. The summed E-state index contributed by atoms with van der Waals surface area (Å²) >= 11 is 1.26. The molecule has 0 aliphatic rings. The van der Waals surface area contributed by atoms with Gasteiger partial charge in [-0.1, -0.05) is 0 Å². The summed E-state index contributed by atoms with van der Waals surface area (Å²) < 4.78 is 0. The molecule has 1 aromatic heterocycles. The van der Waals surface area contributed by atoms with Crippen LogP contribution in [-0.4, -0.2) is 21.1 Å². The van der Waals surface area contributed by atoms with Gasteiger partial charge in [0, 0.05) is 10.6 Å². The molecule has 0 saturated carbocycles. The lowest BCUT2D eigenvalue weighted by Crippen LogP contribution is -2.12. The quantitative estimate of drug-likeness (QED) is 0.701. The fourth-order valence-electron chi connectivity index (χ4n) is 1.30. The van der Waals surface area contributed by atoms with Crippen LogP contribution in [0.5, 0.6) is 0 Å². The van der Waals surface area contributed by atoms with Crippen LogP contribution in [0, 0.1) is 6.92 Å². The minimum atomic E-state index is -0.521. The van der Waals surface area contributed by atoms with Gasteiger partial charge in [0.05, 0.1) is 5.56 Å². The molecular weight excluding hydrogens is 238 g/mol. The topological polar surface area (TPSA) is 111 Å². The van der Waals surface area contributed by atoms with Gasteiger partial charge in [-0.3, -0.25) is 9.89 Å². The van der Waals surface area contributed by atoms with Crippen molar-refractivity contribution in [2.75, 3.05) is 5.73 Å². The van der Waals surface area contributed by atoms with E-state index in [-0.39, 0.29) is 0 Å². The predicted octanol–water partition coefficient (Wildman–Crippen LogP) is 0.945. The Labute approximate surface area is 102 Å². The molecule has 0 radical (unpaired) electrons. The van der Waals surface area contributed by atoms with Crippen LogP contribution in [-0.2, 0) is 0 Å². The lowest BCUT2D eigenvalue weighted by Gasteiger charge is -2.04. The molecule has 1 heterocycles. The third-order valence-electron chi connectivity index (χ3n) is 2.05. The molecular formula is C10H11N5OS. The van der Waals surface area contributed by atoms with E-state index in [4.69, 9.17) is 11.5 Å². The zero-order chi connectivity index (χ0) is 12.4. The number of aryl methyl sites for hydroxylation is 1. The molecule has 6 nitrogen and oxygen atoms in total. The highest BCUT2D eigenvalue weighted by Gasteiger charge is 2.12. The fourth-order valence-corrected chi connectivity index (χ4v) is 2.17. The molecule has 5 N–H and O–H groups in total. The lowest BCUT2D eigenvalue weighted by atomic mass is 10.2. The second-order valence-corrected chi connectivity index (χ2v) is 4.43. The average molecular weight is 249 g/mol. The van der Waals surface area contributed by atoms with Gasteiger partial charge in [-0.15, -0.1) is 5.10 Å². The van der Waals surface area contributed by atoms with E-state index in [0.29, 0.717) is 27.1 Å². The van der Waals surface area contributed by atoms with Gasteiger partial charge >= 0.3 is 0 Å². The second kappa shape index (κ2) is 4.46. The Balaban J connectivity index is 2.35. The van der Waals surface area contributed by atoms with Crippen LogP contribution < -0.4 is 11.5 Å². The highest BCUT2D eigenvalue weighted by molar-refractivity contribution is 7.99. The van der Waals surface area contributed by atoms with E-state index < -0.39 is 5.91 Å². The smallest absolute Gasteiger partial charge is 0.249 e. The normalized spacial score (nSPS) is 10.4. The van der Waals surface area contributed by atoms with Crippen LogP contribution in [0.2, 0.25) is 0 Å². The summed E-state index contributed by atoms with van der Waals surface area (Å²) in [6.07, 6.45) is 0. The number of primary amides is 1. The number of hydrogen-bond donors (Lipinski definition) is 3.